The predicted octanol–water partition coefficient (Wildman–Crippen LogP) is 1.64. The molecule has 4 heterocycles. The van der Waals surface area contributed by atoms with Crippen molar-refractivity contribution >= 4 is 11.9 Å². The number of hydrogen-bond acceptors (Lipinski definition) is 5. The van der Waals surface area contributed by atoms with Gasteiger partial charge in [0.25, 0.3) is 0 Å². The minimum absolute atomic E-state index is 0.0775. The van der Waals surface area contributed by atoms with Gasteiger partial charge in [0.1, 0.15) is 0 Å². The van der Waals surface area contributed by atoms with Crippen LogP contribution in [0.2, 0.25) is 0 Å². The number of carbonyl (C=O) groups is 1. The Hall–Kier alpha value is -1.69. The second-order valence-corrected chi connectivity index (χ2v) is 8.99. The van der Waals surface area contributed by atoms with Crippen LogP contribution in [-0.2, 0) is 4.79 Å². The van der Waals surface area contributed by atoms with Crippen LogP contribution >= 0.6 is 0 Å². The van der Waals surface area contributed by atoms with Crippen molar-refractivity contribution in [1.29, 1.82) is 0 Å². The molecule has 1 aromatic heterocycles. The van der Waals surface area contributed by atoms with Crippen LogP contribution in [0.5, 0.6) is 0 Å². The topological polar surface area (TPSA) is 52.6 Å². The van der Waals surface area contributed by atoms with Crippen molar-refractivity contribution in [2.24, 2.45) is 16.7 Å². The molecule has 4 fully saturated rings. The van der Waals surface area contributed by atoms with Crippen LogP contribution in [0.25, 0.3) is 0 Å². The van der Waals surface area contributed by atoms with E-state index in [-0.39, 0.29) is 10.8 Å². The van der Waals surface area contributed by atoms with E-state index in [4.69, 9.17) is 0 Å². The molecule has 3 aliphatic heterocycles. The van der Waals surface area contributed by atoms with Crippen LogP contribution in [0.4, 0.5) is 5.95 Å². The van der Waals surface area contributed by atoms with E-state index in [2.05, 4.69) is 19.8 Å². The summed E-state index contributed by atoms with van der Waals surface area (Å²) in [7, 11) is 1.97. The Bertz CT molecular complexity index is 683. The molecule has 0 unspecified atom stereocenters. The van der Waals surface area contributed by atoms with Crippen LogP contribution in [0.3, 0.4) is 0 Å². The van der Waals surface area contributed by atoms with E-state index in [1.165, 1.54) is 19.4 Å². The zero-order valence-electron chi connectivity index (χ0n) is 15.7. The Morgan fingerprint density at radius 3 is 2.42 bits per heavy atom. The second-order valence-electron chi connectivity index (χ2n) is 8.99. The van der Waals surface area contributed by atoms with Crippen molar-refractivity contribution in [1.82, 2.24) is 19.8 Å². The number of nitrogens with zero attached hydrogens (tertiary/aromatic N) is 5. The van der Waals surface area contributed by atoms with E-state index in [9.17, 15) is 4.79 Å². The van der Waals surface area contributed by atoms with Gasteiger partial charge in [-0.3, -0.25) is 4.79 Å². The molecule has 5 rings (SSSR count). The Kier molecular flexibility index (Phi) is 3.75. The number of likely N-dealkylation sites (tertiary alicyclic amines) is 2. The van der Waals surface area contributed by atoms with Gasteiger partial charge in [-0.15, -0.1) is 0 Å². The lowest BCUT2D eigenvalue weighted by molar-refractivity contribution is -0.141. The first-order valence-electron chi connectivity index (χ1n) is 10.1. The molecular weight excluding hydrogens is 326 g/mol. The van der Waals surface area contributed by atoms with Crippen molar-refractivity contribution in [3.63, 3.8) is 0 Å². The summed E-state index contributed by atoms with van der Waals surface area (Å²) < 4.78 is 0. The zero-order chi connectivity index (χ0) is 17.8. The molecule has 3 saturated heterocycles. The summed E-state index contributed by atoms with van der Waals surface area (Å²) in [5.41, 5.74) is -0.166. The number of aromatic nitrogens is 2. The molecular formula is C20H29N5O. The molecule has 1 aromatic rings. The minimum Gasteiger partial charge on any atom is -0.345 e. The third-order valence-corrected chi connectivity index (χ3v) is 7.46. The lowest BCUT2D eigenvalue weighted by Gasteiger charge is -2.46. The van der Waals surface area contributed by atoms with E-state index in [0.717, 1.165) is 63.9 Å². The van der Waals surface area contributed by atoms with Crippen LogP contribution < -0.4 is 4.90 Å². The number of carbonyl (C=O) groups excluding carboxylic acids is 1. The first kappa shape index (κ1) is 16.5. The first-order valence-corrected chi connectivity index (χ1v) is 10.1. The van der Waals surface area contributed by atoms with Crippen molar-refractivity contribution in [3.8, 4) is 0 Å². The van der Waals surface area contributed by atoms with Crippen molar-refractivity contribution in [2.45, 2.75) is 32.1 Å². The van der Waals surface area contributed by atoms with Gasteiger partial charge in [0, 0.05) is 51.0 Å². The van der Waals surface area contributed by atoms with Crippen molar-refractivity contribution in [2.75, 3.05) is 51.2 Å². The van der Waals surface area contributed by atoms with E-state index >= 15 is 0 Å². The number of fused-ring (bicyclic) bond motifs is 1. The maximum absolute atomic E-state index is 13.3. The highest BCUT2D eigenvalue weighted by Crippen LogP contribution is 2.58. The summed E-state index contributed by atoms with van der Waals surface area (Å²) in [6, 6.07) is 1.86. The average Bonchev–Trinajstić information content (AvgIpc) is 3.37. The van der Waals surface area contributed by atoms with E-state index in [1.807, 2.05) is 18.0 Å². The molecule has 1 aliphatic carbocycles. The van der Waals surface area contributed by atoms with E-state index < -0.39 is 0 Å². The Morgan fingerprint density at radius 1 is 1.08 bits per heavy atom. The molecule has 140 valence electrons. The lowest BCUT2D eigenvalue weighted by Crippen LogP contribution is -2.52. The predicted molar refractivity (Wildman–Crippen MR) is 99.8 cm³/mol. The molecule has 0 radical (unpaired) electrons. The lowest BCUT2D eigenvalue weighted by atomic mass is 9.60. The third kappa shape index (κ3) is 2.45. The summed E-state index contributed by atoms with van der Waals surface area (Å²) >= 11 is 0. The fraction of sp³-hybridized carbons (Fsp3) is 0.750. The summed E-state index contributed by atoms with van der Waals surface area (Å²) in [6.07, 6.45) is 9.67. The van der Waals surface area contributed by atoms with Gasteiger partial charge in [0.05, 0.1) is 5.41 Å². The highest BCUT2D eigenvalue weighted by Gasteiger charge is 2.65. The Balaban J connectivity index is 1.43. The second kappa shape index (κ2) is 5.91. The summed E-state index contributed by atoms with van der Waals surface area (Å²) in [6.45, 7) is 6.13. The average molecular weight is 355 g/mol. The molecule has 1 amide bonds. The zero-order valence-corrected chi connectivity index (χ0v) is 15.7. The monoisotopic (exact) mass is 355 g/mol. The number of anilines is 1. The summed E-state index contributed by atoms with van der Waals surface area (Å²) in [4.78, 5) is 29.1. The standard InChI is InChI=1S/C20H29N5O/c1-23-10-7-20(17(23)26)15-25(18-21-8-2-9-22-18)14-19(20)5-11-24(12-6-19)13-16-3-4-16/h2,8-9,16H,3-7,10-15H2,1H3/t20-/m1/s1. The summed E-state index contributed by atoms with van der Waals surface area (Å²) in [5, 5.41) is 0. The highest BCUT2D eigenvalue weighted by molar-refractivity contribution is 5.87. The van der Waals surface area contributed by atoms with Gasteiger partial charge in [-0.2, -0.15) is 0 Å². The molecule has 6 heteroatoms. The van der Waals surface area contributed by atoms with E-state index in [1.54, 1.807) is 12.4 Å². The van der Waals surface area contributed by atoms with Crippen molar-refractivity contribution in [3.05, 3.63) is 18.5 Å². The summed E-state index contributed by atoms with van der Waals surface area (Å²) in [5.74, 6) is 2.08. The fourth-order valence-electron chi connectivity index (χ4n) is 5.70. The highest BCUT2D eigenvalue weighted by atomic mass is 16.2. The quantitative estimate of drug-likeness (QED) is 0.825. The van der Waals surface area contributed by atoms with Crippen LogP contribution in [-0.4, -0.2) is 72.0 Å². The normalized spacial score (nSPS) is 31.5. The van der Waals surface area contributed by atoms with Crippen molar-refractivity contribution < 1.29 is 4.79 Å². The molecule has 1 atom stereocenters. The first-order chi connectivity index (χ1) is 12.6. The number of rotatable bonds is 3. The van der Waals surface area contributed by atoms with Gasteiger partial charge < -0.3 is 14.7 Å². The van der Waals surface area contributed by atoms with Crippen LogP contribution in [0.1, 0.15) is 32.1 Å². The largest absolute Gasteiger partial charge is 0.345 e. The Morgan fingerprint density at radius 2 is 1.81 bits per heavy atom. The molecule has 0 N–H and O–H groups in total. The molecule has 1 saturated carbocycles. The van der Waals surface area contributed by atoms with Gasteiger partial charge in [0.15, 0.2) is 0 Å². The molecule has 0 aromatic carbocycles. The maximum Gasteiger partial charge on any atom is 0.231 e. The van der Waals surface area contributed by atoms with E-state index in [0.29, 0.717) is 5.91 Å². The van der Waals surface area contributed by atoms with Gasteiger partial charge in [-0.05, 0) is 57.2 Å². The van der Waals surface area contributed by atoms with Crippen LogP contribution in [0, 0.1) is 16.7 Å². The van der Waals surface area contributed by atoms with Gasteiger partial charge in [-0.25, -0.2) is 9.97 Å². The number of piperidine rings is 1. The third-order valence-electron chi connectivity index (χ3n) is 7.46. The van der Waals surface area contributed by atoms with Gasteiger partial charge in [-0.1, -0.05) is 0 Å². The molecule has 6 nitrogen and oxygen atoms in total. The van der Waals surface area contributed by atoms with Gasteiger partial charge in [0.2, 0.25) is 11.9 Å². The maximum atomic E-state index is 13.3. The fourth-order valence-corrected chi connectivity index (χ4v) is 5.70. The smallest absolute Gasteiger partial charge is 0.231 e. The molecule has 2 spiro atoms. The Labute approximate surface area is 155 Å². The molecule has 26 heavy (non-hydrogen) atoms. The number of hydrogen-bond donors (Lipinski definition) is 0. The molecule has 0 bridgehead atoms. The molecule has 4 aliphatic rings. The number of amides is 1. The van der Waals surface area contributed by atoms with Gasteiger partial charge >= 0.3 is 0 Å². The van der Waals surface area contributed by atoms with Crippen LogP contribution in [0.15, 0.2) is 18.5 Å². The minimum atomic E-state index is -0.243. The SMILES string of the molecule is CN1CC[C@@]2(CN(c3ncccn3)CC23CCN(CC2CC2)CC3)C1=O.